The fraction of sp³-hybridized carbons (Fsp3) is 0.222. The molecule has 0 aliphatic rings. The first-order chi connectivity index (χ1) is 6.97. The fourth-order valence-corrected chi connectivity index (χ4v) is 0.823. The molecule has 0 aliphatic heterocycles. The van der Waals surface area contributed by atoms with Crippen LogP contribution in [0.2, 0.25) is 0 Å². The van der Waals surface area contributed by atoms with Gasteiger partial charge >= 0.3 is 12.3 Å². The molecule has 0 heterocycles. The van der Waals surface area contributed by atoms with Crippen LogP contribution in [0.5, 0.6) is 0 Å². The highest BCUT2D eigenvalue weighted by Crippen LogP contribution is 2.15. The maximum Gasteiger partial charge on any atom is 0.422 e. The molecule has 1 aromatic rings. The van der Waals surface area contributed by atoms with E-state index in [1.807, 2.05) is 0 Å². The van der Waals surface area contributed by atoms with Crippen molar-refractivity contribution in [1.29, 1.82) is 0 Å². The number of benzene rings is 1. The molecular formula is C9H8F3NO2. The Bertz CT molecular complexity index is 324. The summed E-state index contributed by atoms with van der Waals surface area (Å²) in [6, 6.07) is 8.06. The first kappa shape index (κ1) is 11.4. The quantitative estimate of drug-likeness (QED) is 0.830. The van der Waals surface area contributed by atoms with Crippen LogP contribution in [0.1, 0.15) is 0 Å². The fourth-order valence-electron chi connectivity index (χ4n) is 0.823. The van der Waals surface area contributed by atoms with Gasteiger partial charge in [0, 0.05) is 5.69 Å². The van der Waals surface area contributed by atoms with E-state index in [9.17, 15) is 18.0 Å². The molecule has 82 valence electrons. The van der Waals surface area contributed by atoms with Crippen LogP contribution in [0.4, 0.5) is 23.7 Å². The van der Waals surface area contributed by atoms with Gasteiger partial charge in [-0.1, -0.05) is 18.2 Å². The molecule has 0 atom stereocenters. The largest absolute Gasteiger partial charge is 0.440 e. The van der Waals surface area contributed by atoms with E-state index in [1.165, 1.54) is 12.1 Å². The molecule has 0 aliphatic carbocycles. The van der Waals surface area contributed by atoms with Crippen molar-refractivity contribution < 1.29 is 22.7 Å². The minimum Gasteiger partial charge on any atom is -0.440 e. The number of halogens is 3. The van der Waals surface area contributed by atoms with E-state index in [0.717, 1.165) is 0 Å². The van der Waals surface area contributed by atoms with Crippen LogP contribution < -0.4 is 5.32 Å². The third-order valence-electron chi connectivity index (χ3n) is 1.39. The van der Waals surface area contributed by atoms with Crippen molar-refractivity contribution in [3.63, 3.8) is 0 Å². The third-order valence-corrected chi connectivity index (χ3v) is 1.39. The number of para-hydroxylation sites is 1. The molecule has 0 saturated heterocycles. The van der Waals surface area contributed by atoms with Gasteiger partial charge in [0.1, 0.15) is 0 Å². The first-order valence-electron chi connectivity index (χ1n) is 4.03. The van der Waals surface area contributed by atoms with Crippen LogP contribution in [0.3, 0.4) is 0 Å². The summed E-state index contributed by atoms with van der Waals surface area (Å²) >= 11 is 0. The topological polar surface area (TPSA) is 38.3 Å². The number of carbonyl (C=O) groups excluding carboxylic acids is 1. The molecule has 0 bridgehead atoms. The minimum absolute atomic E-state index is 0.379. The van der Waals surface area contributed by atoms with Gasteiger partial charge in [0.05, 0.1) is 0 Å². The summed E-state index contributed by atoms with van der Waals surface area (Å²) in [5.74, 6) is 0. The van der Waals surface area contributed by atoms with E-state index < -0.39 is 18.9 Å². The molecule has 0 saturated carbocycles. The van der Waals surface area contributed by atoms with Crippen LogP contribution in [0.25, 0.3) is 0 Å². The molecule has 0 spiro atoms. The smallest absolute Gasteiger partial charge is 0.422 e. The zero-order valence-corrected chi connectivity index (χ0v) is 7.54. The van der Waals surface area contributed by atoms with Gasteiger partial charge in [-0.25, -0.2) is 4.79 Å². The molecule has 0 unspecified atom stereocenters. The lowest BCUT2D eigenvalue weighted by atomic mass is 10.3. The van der Waals surface area contributed by atoms with Gasteiger partial charge in [-0.05, 0) is 12.1 Å². The zero-order valence-electron chi connectivity index (χ0n) is 7.54. The number of rotatable bonds is 2. The van der Waals surface area contributed by atoms with Crippen LogP contribution in [-0.2, 0) is 4.74 Å². The van der Waals surface area contributed by atoms with Gasteiger partial charge in [0.15, 0.2) is 6.61 Å². The summed E-state index contributed by atoms with van der Waals surface area (Å²) in [7, 11) is 0. The van der Waals surface area contributed by atoms with E-state index in [0.29, 0.717) is 5.69 Å². The number of nitrogens with one attached hydrogen (secondary N) is 1. The highest BCUT2D eigenvalue weighted by molar-refractivity contribution is 5.84. The summed E-state index contributed by atoms with van der Waals surface area (Å²) in [6.45, 7) is -1.59. The van der Waals surface area contributed by atoms with Crippen molar-refractivity contribution in [3.8, 4) is 0 Å². The maximum absolute atomic E-state index is 11.6. The number of amides is 1. The average Bonchev–Trinajstić information content (AvgIpc) is 2.15. The van der Waals surface area contributed by atoms with Gasteiger partial charge in [0.2, 0.25) is 0 Å². The summed E-state index contributed by atoms with van der Waals surface area (Å²) in [5, 5.41) is 2.15. The number of alkyl halides is 3. The van der Waals surface area contributed by atoms with E-state index in [4.69, 9.17) is 0 Å². The molecule has 3 nitrogen and oxygen atoms in total. The SMILES string of the molecule is O=C(Nc1ccccc1)OCC(F)(F)F. The number of carbonyl (C=O) groups is 1. The Kier molecular flexibility index (Phi) is 3.54. The molecule has 1 N–H and O–H groups in total. The number of ether oxygens (including phenoxy) is 1. The van der Waals surface area contributed by atoms with Crippen molar-refractivity contribution in [2.75, 3.05) is 11.9 Å². The van der Waals surface area contributed by atoms with Gasteiger partial charge < -0.3 is 4.74 Å². The first-order valence-corrected chi connectivity index (χ1v) is 4.03. The Balaban J connectivity index is 2.38. The van der Waals surface area contributed by atoms with Crippen LogP contribution in [-0.4, -0.2) is 18.9 Å². The van der Waals surface area contributed by atoms with Crippen molar-refractivity contribution in [1.82, 2.24) is 0 Å². The Morgan fingerprint density at radius 3 is 2.40 bits per heavy atom. The Hall–Kier alpha value is -1.72. The number of hydrogen-bond acceptors (Lipinski definition) is 2. The van der Waals surface area contributed by atoms with E-state index in [2.05, 4.69) is 10.1 Å². The monoisotopic (exact) mass is 219 g/mol. The van der Waals surface area contributed by atoms with E-state index >= 15 is 0 Å². The minimum atomic E-state index is -4.51. The normalized spacial score (nSPS) is 10.9. The van der Waals surface area contributed by atoms with E-state index in [1.54, 1.807) is 18.2 Å². The second kappa shape index (κ2) is 4.68. The Labute approximate surface area is 83.8 Å². The molecule has 6 heteroatoms. The van der Waals surface area contributed by atoms with Gasteiger partial charge in [-0.3, -0.25) is 5.32 Å². The average molecular weight is 219 g/mol. The molecule has 0 aromatic heterocycles. The van der Waals surface area contributed by atoms with Crippen molar-refractivity contribution in [2.24, 2.45) is 0 Å². The molecule has 0 radical (unpaired) electrons. The van der Waals surface area contributed by atoms with Crippen LogP contribution in [0.15, 0.2) is 30.3 Å². The van der Waals surface area contributed by atoms with Gasteiger partial charge in [-0.15, -0.1) is 0 Å². The highest BCUT2D eigenvalue weighted by Gasteiger charge is 2.29. The lowest BCUT2D eigenvalue weighted by molar-refractivity contribution is -0.159. The predicted molar refractivity (Wildman–Crippen MR) is 47.5 cm³/mol. The van der Waals surface area contributed by atoms with Gasteiger partial charge in [0.25, 0.3) is 0 Å². The zero-order chi connectivity index (χ0) is 11.3. The maximum atomic E-state index is 11.6. The summed E-state index contributed by atoms with van der Waals surface area (Å²) in [4.78, 5) is 10.8. The lowest BCUT2D eigenvalue weighted by Crippen LogP contribution is -2.23. The second-order valence-corrected chi connectivity index (χ2v) is 2.68. The van der Waals surface area contributed by atoms with Crippen molar-refractivity contribution >= 4 is 11.8 Å². The Morgan fingerprint density at radius 1 is 1.27 bits per heavy atom. The molecule has 0 fully saturated rings. The lowest BCUT2D eigenvalue weighted by Gasteiger charge is -2.08. The predicted octanol–water partition coefficient (Wildman–Crippen LogP) is 2.80. The second-order valence-electron chi connectivity index (χ2n) is 2.68. The number of anilines is 1. The molecule has 15 heavy (non-hydrogen) atoms. The third kappa shape index (κ3) is 4.90. The summed E-state index contributed by atoms with van der Waals surface area (Å²) < 4.78 is 38.9. The molecule has 1 aromatic carbocycles. The van der Waals surface area contributed by atoms with E-state index in [-0.39, 0.29) is 0 Å². The molecule has 1 rings (SSSR count). The Morgan fingerprint density at radius 2 is 1.87 bits per heavy atom. The van der Waals surface area contributed by atoms with Crippen molar-refractivity contribution in [3.05, 3.63) is 30.3 Å². The highest BCUT2D eigenvalue weighted by atomic mass is 19.4. The summed E-state index contributed by atoms with van der Waals surface area (Å²) in [6.07, 6.45) is -5.63. The van der Waals surface area contributed by atoms with Crippen LogP contribution in [0, 0.1) is 0 Å². The molecule has 1 amide bonds. The van der Waals surface area contributed by atoms with Crippen molar-refractivity contribution in [2.45, 2.75) is 6.18 Å². The number of hydrogen-bond donors (Lipinski definition) is 1. The van der Waals surface area contributed by atoms with Gasteiger partial charge in [-0.2, -0.15) is 13.2 Å². The van der Waals surface area contributed by atoms with Crippen LogP contribution >= 0.6 is 0 Å². The summed E-state index contributed by atoms with van der Waals surface area (Å²) in [5.41, 5.74) is 0.379. The molecular weight excluding hydrogens is 211 g/mol. The standard InChI is InChI=1S/C9H8F3NO2/c10-9(11,12)6-15-8(14)13-7-4-2-1-3-5-7/h1-5H,6H2,(H,13,14).